The second-order valence-corrected chi connectivity index (χ2v) is 5.48. The largest absolute Gasteiger partial charge is 0.387 e. The van der Waals surface area contributed by atoms with Crippen molar-refractivity contribution in [2.75, 3.05) is 40.3 Å². The molecule has 0 aromatic heterocycles. The minimum atomic E-state index is -0.869. The van der Waals surface area contributed by atoms with Crippen LogP contribution in [0, 0.1) is 5.92 Å². The van der Waals surface area contributed by atoms with Crippen molar-refractivity contribution in [1.29, 1.82) is 0 Å². The molecule has 3 N–H and O–H groups in total. The van der Waals surface area contributed by atoms with Crippen molar-refractivity contribution in [2.24, 2.45) is 5.92 Å². The molecule has 0 saturated carbocycles. The summed E-state index contributed by atoms with van der Waals surface area (Å²) in [5.41, 5.74) is -0.869. The number of nitrogens with zero attached hydrogens (tertiary/aromatic N) is 1. The molecule has 0 aliphatic carbocycles. The van der Waals surface area contributed by atoms with Crippen molar-refractivity contribution in [1.82, 2.24) is 15.5 Å². The number of hydrogen-bond acceptors (Lipinski definition) is 4. The molecule has 5 nitrogen and oxygen atoms in total. The summed E-state index contributed by atoms with van der Waals surface area (Å²) in [5, 5.41) is 16.2. The Kier molecular flexibility index (Phi) is 5.36. The third-order valence-electron chi connectivity index (χ3n) is 3.01. The molecule has 0 spiro atoms. The number of piperidine rings is 1. The highest BCUT2D eigenvalue weighted by Gasteiger charge is 2.25. The maximum atomic E-state index is 11.9. The van der Waals surface area contributed by atoms with Crippen molar-refractivity contribution in [3.8, 4) is 0 Å². The van der Waals surface area contributed by atoms with Crippen LogP contribution in [0.5, 0.6) is 0 Å². The molecule has 1 heterocycles. The van der Waals surface area contributed by atoms with E-state index < -0.39 is 5.60 Å². The molecule has 17 heavy (non-hydrogen) atoms. The van der Waals surface area contributed by atoms with Gasteiger partial charge in [-0.05, 0) is 47.0 Å². The Labute approximate surface area is 104 Å². The van der Waals surface area contributed by atoms with Gasteiger partial charge in [0.1, 0.15) is 0 Å². The predicted molar refractivity (Wildman–Crippen MR) is 67.8 cm³/mol. The number of amides is 1. The molecule has 0 aromatic rings. The Bertz CT molecular complexity index is 248. The molecule has 1 fully saturated rings. The minimum absolute atomic E-state index is 0.0746. The molecule has 5 heteroatoms. The smallest absolute Gasteiger partial charge is 0.223 e. The van der Waals surface area contributed by atoms with Crippen molar-refractivity contribution < 1.29 is 9.90 Å². The van der Waals surface area contributed by atoms with Crippen molar-refractivity contribution >= 4 is 5.91 Å². The number of hydrogen-bond donors (Lipinski definition) is 3. The summed E-state index contributed by atoms with van der Waals surface area (Å²) in [6, 6.07) is 0. The van der Waals surface area contributed by atoms with Crippen LogP contribution >= 0.6 is 0 Å². The summed E-state index contributed by atoms with van der Waals surface area (Å²) in [4.78, 5) is 13.8. The maximum Gasteiger partial charge on any atom is 0.223 e. The van der Waals surface area contributed by atoms with E-state index in [1.807, 2.05) is 19.0 Å². The zero-order valence-corrected chi connectivity index (χ0v) is 11.1. The highest BCUT2D eigenvalue weighted by molar-refractivity contribution is 5.78. The van der Waals surface area contributed by atoms with E-state index in [1.54, 1.807) is 6.92 Å². The quantitative estimate of drug-likeness (QED) is 0.604. The Morgan fingerprint density at radius 3 is 2.59 bits per heavy atom. The Balaban J connectivity index is 2.31. The molecule has 1 saturated heterocycles. The fourth-order valence-electron chi connectivity index (χ4n) is 2.24. The lowest BCUT2D eigenvalue weighted by atomic mass is 9.97. The molecular weight excluding hydrogens is 218 g/mol. The molecule has 1 atom stereocenters. The Morgan fingerprint density at radius 1 is 1.47 bits per heavy atom. The highest BCUT2D eigenvalue weighted by Crippen LogP contribution is 2.12. The van der Waals surface area contributed by atoms with Crippen LogP contribution in [-0.2, 0) is 4.79 Å². The van der Waals surface area contributed by atoms with Gasteiger partial charge in [-0.1, -0.05) is 0 Å². The van der Waals surface area contributed by atoms with E-state index in [0.717, 1.165) is 25.9 Å². The van der Waals surface area contributed by atoms with Gasteiger partial charge in [0.2, 0.25) is 5.91 Å². The molecule has 0 aromatic carbocycles. The molecule has 1 aliphatic rings. The topological polar surface area (TPSA) is 64.6 Å². The van der Waals surface area contributed by atoms with E-state index in [9.17, 15) is 9.90 Å². The summed E-state index contributed by atoms with van der Waals surface area (Å²) < 4.78 is 0. The first-order chi connectivity index (χ1) is 7.91. The maximum absolute atomic E-state index is 11.9. The van der Waals surface area contributed by atoms with Gasteiger partial charge in [0.15, 0.2) is 0 Å². The first-order valence-corrected chi connectivity index (χ1v) is 6.26. The number of carbonyl (C=O) groups is 1. The van der Waals surface area contributed by atoms with Gasteiger partial charge in [0, 0.05) is 19.0 Å². The van der Waals surface area contributed by atoms with E-state index >= 15 is 0 Å². The zero-order chi connectivity index (χ0) is 12.9. The number of carbonyl (C=O) groups excluding carboxylic acids is 1. The number of nitrogens with one attached hydrogen (secondary N) is 2. The minimum Gasteiger partial charge on any atom is -0.387 e. The van der Waals surface area contributed by atoms with Crippen LogP contribution < -0.4 is 10.6 Å². The van der Waals surface area contributed by atoms with Crippen LogP contribution in [-0.4, -0.2) is 61.8 Å². The summed E-state index contributed by atoms with van der Waals surface area (Å²) in [5.74, 6) is 0.178. The van der Waals surface area contributed by atoms with Crippen LogP contribution in [0.25, 0.3) is 0 Å². The third kappa shape index (κ3) is 5.48. The molecule has 100 valence electrons. The van der Waals surface area contributed by atoms with E-state index in [1.165, 1.54) is 0 Å². The molecule has 0 bridgehead atoms. The second-order valence-electron chi connectivity index (χ2n) is 5.48. The van der Waals surface area contributed by atoms with Gasteiger partial charge in [-0.2, -0.15) is 0 Å². The predicted octanol–water partition coefficient (Wildman–Crippen LogP) is -0.585. The molecular formula is C12H25N3O2. The van der Waals surface area contributed by atoms with Gasteiger partial charge in [-0.15, -0.1) is 0 Å². The van der Waals surface area contributed by atoms with Gasteiger partial charge < -0.3 is 20.6 Å². The van der Waals surface area contributed by atoms with Crippen molar-refractivity contribution in [2.45, 2.75) is 25.4 Å². The second kappa shape index (κ2) is 6.33. The molecule has 1 aliphatic heterocycles. The normalized spacial score (nSPS) is 21.2. The van der Waals surface area contributed by atoms with Crippen LogP contribution in [0.4, 0.5) is 0 Å². The van der Waals surface area contributed by atoms with Crippen molar-refractivity contribution in [3.05, 3.63) is 0 Å². The number of rotatable bonds is 5. The van der Waals surface area contributed by atoms with Crippen LogP contribution in [0.3, 0.4) is 0 Å². The summed E-state index contributed by atoms with van der Waals surface area (Å²) >= 11 is 0. The van der Waals surface area contributed by atoms with Gasteiger partial charge in [-0.25, -0.2) is 0 Å². The zero-order valence-electron chi connectivity index (χ0n) is 11.1. The third-order valence-corrected chi connectivity index (χ3v) is 3.01. The number of aliphatic hydroxyl groups is 1. The summed E-state index contributed by atoms with van der Waals surface area (Å²) in [6.07, 6.45) is 1.78. The highest BCUT2D eigenvalue weighted by atomic mass is 16.3. The van der Waals surface area contributed by atoms with Crippen LogP contribution in [0.15, 0.2) is 0 Å². The lowest BCUT2D eigenvalue weighted by Gasteiger charge is -2.28. The standard InChI is InChI=1S/C12H25N3O2/c1-12(17,9-15(2)3)8-14-11(16)10-4-6-13-7-5-10/h10,13,17H,4-9H2,1-3H3,(H,14,16). The first kappa shape index (κ1) is 14.4. The van der Waals surface area contributed by atoms with Gasteiger partial charge >= 0.3 is 0 Å². The van der Waals surface area contributed by atoms with Crippen LogP contribution in [0.2, 0.25) is 0 Å². The summed E-state index contributed by atoms with van der Waals surface area (Å²) in [7, 11) is 3.81. The average molecular weight is 243 g/mol. The van der Waals surface area contributed by atoms with E-state index in [4.69, 9.17) is 0 Å². The molecule has 1 amide bonds. The first-order valence-electron chi connectivity index (χ1n) is 6.26. The van der Waals surface area contributed by atoms with Gasteiger partial charge in [0.25, 0.3) is 0 Å². The number of likely N-dealkylation sites (N-methyl/N-ethyl adjacent to an activating group) is 1. The lowest BCUT2D eigenvalue weighted by Crippen LogP contribution is -2.49. The molecule has 0 radical (unpaired) electrons. The van der Waals surface area contributed by atoms with Gasteiger partial charge in [-0.3, -0.25) is 4.79 Å². The van der Waals surface area contributed by atoms with Gasteiger partial charge in [0.05, 0.1) is 5.60 Å². The molecule has 1 rings (SSSR count). The Hall–Kier alpha value is -0.650. The SMILES string of the molecule is CN(C)CC(C)(O)CNC(=O)C1CCNCC1. The van der Waals surface area contributed by atoms with E-state index in [0.29, 0.717) is 13.1 Å². The van der Waals surface area contributed by atoms with E-state index in [2.05, 4.69) is 10.6 Å². The lowest BCUT2D eigenvalue weighted by molar-refractivity contribution is -0.127. The van der Waals surface area contributed by atoms with Crippen molar-refractivity contribution in [3.63, 3.8) is 0 Å². The monoisotopic (exact) mass is 243 g/mol. The van der Waals surface area contributed by atoms with Crippen LogP contribution in [0.1, 0.15) is 19.8 Å². The summed E-state index contributed by atoms with van der Waals surface area (Å²) in [6.45, 7) is 4.42. The average Bonchev–Trinajstić information content (AvgIpc) is 2.25. The molecule has 1 unspecified atom stereocenters. The van der Waals surface area contributed by atoms with E-state index in [-0.39, 0.29) is 11.8 Å². The fraction of sp³-hybridized carbons (Fsp3) is 0.917. The Morgan fingerprint density at radius 2 is 2.06 bits per heavy atom. The fourth-order valence-corrected chi connectivity index (χ4v) is 2.24.